The average Bonchev–Trinajstić information content (AvgIpc) is 2.71. The van der Waals surface area contributed by atoms with E-state index in [-0.39, 0.29) is 11.4 Å². The molecule has 2 nitrogen and oxygen atoms in total. The summed E-state index contributed by atoms with van der Waals surface area (Å²) < 4.78 is 0. The molecule has 1 amide bonds. The van der Waals surface area contributed by atoms with Crippen LogP contribution in [-0.2, 0) is 12.8 Å². The topological polar surface area (TPSA) is 29.1 Å². The van der Waals surface area contributed by atoms with Crippen LogP contribution in [0.3, 0.4) is 0 Å². The molecule has 100 valence electrons. The van der Waals surface area contributed by atoms with Gasteiger partial charge in [0.2, 0.25) is 0 Å². The van der Waals surface area contributed by atoms with E-state index in [1.807, 2.05) is 5.38 Å². The van der Waals surface area contributed by atoms with Crippen molar-refractivity contribution in [3.05, 3.63) is 21.4 Å². The number of carbonyl (C=O) groups excluding carboxylic acids is 1. The van der Waals surface area contributed by atoms with Crippen LogP contribution in [0.4, 0.5) is 0 Å². The van der Waals surface area contributed by atoms with E-state index in [1.165, 1.54) is 16.9 Å². The lowest BCUT2D eigenvalue weighted by Crippen LogP contribution is -2.43. The minimum absolute atomic E-state index is 0.105. The van der Waals surface area contributed by atoms with E-state index in [2.05, 4.69) is 33.0 Å². The van der Waals surface area contributed by atoms with E-state index < -0.39 is 0 Å². The maximum Gasteiger partial charge on any atom is 0.252 e. The molecule has 1 aromatic heterocycles. The lowest BCUT2D eigenvalue weighted by Gasteiger charge is -2.25. The van der Waals surface area contributed by atoms with Crippen molar-refractivity contribution in [2.45, 2.75) is 58.9 Å². The fourth-order valence-corrected chi connectivity index (χ4v) is 3.58. The number of hydrogen-bond donors (Lipinski definition) is 1. The number of fused-ring (bicyclic) bond motifs is 1. The van der Waals surface area contributed by atoms with Gasteiger partial charge in [-0.1, -0.05) is 13.8 Å². The Hall–Kier alpha value is -0.830. The summed E-state index contributed by atoms with van der Waals surface area (Å²) >= 11 is 1.76. The van der Waals surface area contributed by atoms with Crippen molar-refractivity contribution < 1.29 is 4.79 Å². The van der Waals surface area contributed by atoms with Crippen LogP contribution in [0, 0.1) is 5.92 Å². The fourth-order valence-electron chi connectivity index (χ4n) is 2.33. The van der Waals surface area contributed by atoms with Gasteiger partial charge in [0.1, 0.15) is 0 Å². The van der Waals surface area contributed by atoms with Gasteiger partial charge in [0.05, 0.1) is 5.56 Å². The van der Waals surface area contributed by atoms with Gasteiger partial charge in [-0.15, -0.1) is 11.3 Å². The van der Waals surface area contributed by atoms with Gasteiger partial charge in [-0.05, 0) is 51.0 Å². The first-order valence-corrected chi connectivity index (χ1v) is 7.72. The molecule has 1 N–H and O–H groups in total. The maximum absolute atomic E-state index is 12.3. The van der Waals surface area contributed by atoms with Crippen LogP contribution < -0.4 is 5.32 Å². The standard InChI is InChI=1S/C15H23NOS/c1-5-15(3,4)16-14(17)12-9-18-13-8-10(2)6-7-11(12)13/h9-10H,5-8H2,1-4H3,(H,16,17)/t10-/m0/s1. The zero-order chi connectivity index (χ0) is 13.3. The third-order valence-electron chi connectivity index (χ3n) is 3.98. The second-order valence-electron chi connectivity index (χ2n) is 6.09. The second kappa shape index (κ2) is 5.04. The summed E-state index contributed by atoms with van der Waals surface area (Å²) in [5.74, 6) is 0.869. The van der Waals surface area contributed by atoms with Crippen molar-refractivity contribution in [2.75, 3.05) is 0 Å². The van der Waals surface area contributed by atoms with Gasteiger partial charge in [-0.3, -0.25) is 4.79 Å². The molecule has 1 aliphatic carbocycles. The molecule has 2 rings (SSSR count). The first-order chi connectivity index (χ1) is 8.43. The van der Waals surface area contributed by atoms with Crippen molar-refractivity contribution in [1.82, 2.24) is 5.32 Å². The number of rotatable bonds is 3. The monoisotopic (exact) mass is 265 g/mol. The lowest BCUT2D eigenvalue weighted by molar-refractivity contribution is 0.0910. The Kier molecular flexibility index (Phi) is 3.81. The van der Waals surface area contributed by atoms with Crippen molar-refractivity contribution in [3.63, 3.8) is 0 Å². The molecule has 0 spiro atoms. The highest BCUT2D eigenvalue weighted by atomic mass is 32.1. The number of amides is 1. The molecule has 1 atom stereocenters. The van der Waals surface area contributed by atoms with E-state index in [9.17, 15) is 4.79 Å². The molecule has 0 radical (unpaired) electrons. The van der Waals surface area contributed by atoms with Crippen LogP contribution in [-0.4, -0.2) is 11.4 Å². The number of carbonyl (C=O) groups is 1. The van der Waals surface area contributed by atoms with Gasteiger partial charge >= 0.3 is 0 Å². The molecular weight excluding hydrogens is 242 g/mol. The van der Waals surface area contributed by atoms with E-state index in [1.54, 1.807) is 11.3 Å². The van der Waals surface area contributed by atoms with Crippen molar-refractivity contribution in [3.8, 4) is 0 Å². The van der Waals surface area contributed by atoms with E-state index in [0.717, 1.165) is 30.7 Å². The van der Waals surface area contributed by atoms with Crippen LogP contribution in [0.2, 0.25) is 0 Å². The molecule has 0 saturated heterocycles. The van der Waals surface area contributed by atoms with E-state index in [4.69, 9.17) is 0 Å². The van der Waals surface area contributed by atoms with Crippen molar-refractivity contribution in [2.24, 2.45) is 5.92 Å². The molecule has 3 heteroatoms. The van der Waals surface area contributed by atoms with E-state index >= 15 is 0 Å². The molecule has 1 heterocycles. The summed E-state index contributed by atoms with van der Waals surface area (Å²) in [7, 11) is 0. The zero-order valence-corrected chi connectivity index (χ0v) is 12.6. The third kappa shape index (κ3) is 2.77. The Morgan fingerprint density at radius 1 is 1.56 bits per heavy atom. The van der Waals surface area contributed by atoms with Gasteiger partial charge in [0, 0.05) is 15.8 Å². The number of hydrogen-bond acceptors (Lipinski definition) is 2. The van der Waals surface area contributed by atoms with Gasteiger partial charge in [-0.2, -0.15) is 0 Å². The zero-order valence-electron chi connectivity index (χ0n) is 11.8. The fraction of sp³-hybridized carbons (Fsp3) is 0.667. The summed E-state index contributed by atoms with van der Waals surface area (Å²) in [6.45, 7) is 8.55. The minimum Gasteiger partial charge on any atom is -0.347 e. The Bertz CT molecular complexity index is 447. The van der Waals surface area contributed by atoms with Gasteiger partial charge in [0.15, 0.2) is 0 Å². The first kappa shape index (κ1) is 13.6. The Morgan fingerprint density at radius 2 is 2.28 bits per heavy atom. The van der Waals surface area contributed by atoms with E-state index in [0.29, 0.717) is 0 Å². The average molecular weight is 265 g/mol. The largest absolute Gasteiger partial charge is 0.347 e. The van der Waals surface area contributed by atoms with Crippen LogP contribution in [0.25, 0.3) is 0 Å². The molecule has 1 aromatic rings. The Labute approximate surface area is 114 Å². The summed E-state index contributed by atoms with van der Waals surface area (Å²) in [6.07, 6.45) is 4.36. The normalized spacial score (nSPS) is 19.4. The molecule has 1 aliphatic rings. The smallest absolute Gasteiger partial charge is 0.252 e. The highest BCUT2D eigenvalue weighted by Crippen LogP contribution is 2.33. The molecule has 0 unspecified atom stereocenters. The predicted molar refractivity (Wildman–Crippen MR) is 77.3 cm³/mol. The summed E-state index contributed by atoms with van der Waals surface area (Å²) in [5.41, 5.74) is 2.11. The van der Waals surface area contributed by atoms with Crippen molar-refractivity contribution >= 4 is 17.2 Å². The quantitative estimate of drug-likeness (QED) is 0.885. The summed E-state index contributed by atoms with van der Waals surface area (Å²) in [6, 6.07) is 0. The first-order valence-electron chi connectivity index (χ1n) is 6.84. The maximum atomic E-state index is 12.3. The molecule has 0 aliphatic heterocycles. The van der Waals surface area contributed by atoms with Crippen LogP contribution in [0.1, 0.15) is 61.3 Å². The SMILES string of the molecule is CCC(C)(C)NC(=O)c1csc2c1CC[C@H](C)C2. The molecule has 0 bridgehead atoms. The highest BCUT2D eigenvalue weighted by Gasteiger charge is 2.25. The molecule has 0 saturated carbocycles. The number of nitrogens with one attached hydrogen (secondary N) is 1. The second-order valence-corrected chi connectivity index (χ2v) is 7.05. The van der Waals surface area contributed by atoms with Crippen LogP contribution in [0.5, 0.6) is 0 Å². The minimum atomic E-state index is -0.117. The van der Waals surface area contributed by atoms with Gasteiger partial charge in [0.25, 0.3) is 5.91 Å². The van der Waals surface area contributed by atoms with Gasteiger partial charge < -0.3 is 5.32 Å². The Morgan fingerprint density at radius 3 is 2.94 bits per heavy atom. The number of thiophene rings is 1. The highest BCUT2D eigenvalue weighted by molar-refractivity contribution is 7.10. The van der Waals surface area contributed by atoms with Crippen LogP contribution in [0.15, 0.2) is 5.38 Å². The predicted octanol–water partition coefficient (Wildman–Crippen LogP) is 3.79. The molecule has 0 fully saturated rings. The van der Waals surface area contributed by atoms with Crippen molar-refractivity contribution in [1.29, 1.82) is 0 Å². The molecule has 18 heavy (non-hydrogen) atoms. The lowest BCUT2D eigenvalue weighted by atomic mass is 9.88. The molecule has 0 aromatic carbocycles. The third-order valence-corrected chi connectivity index (χ3v) is 5.03. The van der Waals surface area contributed by atoms with Crippen LogP contribution >= 0.6 is 11.3 Å². The summed E-state index contributed by atoms with van der Waals surface area (Å²) in [4.78, 5) is 13.8. The van der Waals surface area contributed by atoms with Gasteiger partial charge in [-0.25, -0.2) is 0 Å². The molecular formula is C15H23NOS. The Balaban J connectivity index is 2.17. The summed E-state index contributed by atoms with van der Waals surface area (Å²) in [5, 5.41) is 5.18.